The van der Waals surface area contributed by atoms with Crippen LogP contribution in [0, 0.1) is 6.92 Å². The first-order chi connectivity index (χ1) is 6.68. The lowest BCUT2D eigenvalue weighted by Gasteiger charge is -2.13. The lowest BCUT2D eigenvalue weighted by molar-refractivity contribution is 0.353. The van der Waals surface area contributed by atoms with Gasteiger partial charge >= 0.3 is 0 Å². The van der Waals surface area contributed by atoms with Gasteiger partial charge in [0.2, 0.25) is 0 Å². The first-order valence-electron chi connectivity index (χ1n) is 5.08. The van der Waals surface area contributed by atoms with Crippen LogP contribution in [0.25, 0.3) is 5.57 Å². The largest absolute Gasteiger partial charge is 0.365 e. The highest BCUT2D eigenvalue weighted by molar-refractivity contribution is 5.72. The highest BCUT2D eigenvalue weighted by Gasteiger charge is 2.45. The van der Waals surface area contributed by atoms with E-state index >= 15 is 0 Å². The fourth-order valence-electron chi connectivity index (χ4n) is 1.77. The van der Waals surface area contributed by atoms with E-state index in [-0.39, 0.29) is 5.60 Å². The molecule has 0 bridgehead atoms. The summed E-state index contributed by atoms with van der Waals surface area (Å²) in [6, 6.07) is 8.45. The van der Waals surface area contributed by atoms with E-state index in [4.69, 9.17) is 4.74 Å². The van der Waals surface area contributed by atoms with Gasteiger partial charge < -0.3 is 4.74 Å². The molecule has 0 saturated carbocycles. The predicted molar refractivity (Wildman–Crippen MR) is 59.2 cm³/mol. The van der Waals surface area contributed by atoms with Crippen LogP contribution in [0.1, 0.15) is 24.5 Å². The number of aryl methyl sites for hydroxylation is 1. The van der Waals surface area contributed by atoms with Gasteiger partial charge in [-0.1, -0.05) is 43.3 Å². The van der Waals surface area contributed by atoms with E-state index in [9.17, 15) is 0 Å². The van der Waals surface area contributed by atoms with Gasteiger partial charge in [0.05, 0.1) is 6.61 Å². The Balaban J connectivity index is 2.28. The maximum absolute atomic E-state index is 5.50. The Labute approximate surface area is 85.4 Å². The summed E-state index contributed by atoms with van der Waals surface area (Å²) in [6.07, 6.45) is 1.01. The van der Waals surface area contributed by atoms with Crippen molar-refractivity contribution in [2.75, 3.05) is 6.61 Å². The van der Waals surface area contributed by atoms with Crippen LogP contribution in [0.15, 0.2) is 30.8 Å². The summed E-state index contributed by atoms with van der Waals surface area (Å²) in [5.41, 5.74) is 3.57. The topological polar surface area (TPSA) is 12.5 Å². The fraction of sp³-hybridized carbons (Fsp3) is 0.385. The SMILES string of the molecule is C=C(c1cccc(C)c1)[C@]1(CC)CO1. The van der Waals surface area contributed by atoms with E-state index in [0.717, 1.165) is 18.6 Å². The van der Waals surface area contributed by atoms with E-state index in [2.05, 4.69) is 44.7 Å². The quantitative estimate of drug-likeness (QED) is 0.664. The molecule has 0 amide bonds. The Morgan fingerprint density at radius 1 is 1.57 bits per heavy atom. The van der Waals surface area contributed by atoms with Crippen molar-refractivity contribution in [2.45, 2.75) is 25.9 Å². The van der Waals surface area contributed by atoms with Crippen molar-refractivity contribution in [2.24, 2.45) is 0 Å². The van der Waals surface area contributed by atoms with Crippen molar-refractivity contribution in [1.29, 1.82) is 0 Å². The lowest BCUT2D eigenvalue weighted by atomic mass is 9.91. The van der Waals surface area contributed by atoms with Crippen molar-refractivity contribution in [3.05, 3.63) is 42.0 Å². The Morgan fingerprint density at radius 2 is 2.29 bits per heavy atom. The highest BCUT2D eigenvalue weighted by atomic mass is 16.6. The zero-order valence-corrected chi connectivity index (χ0v) is 8.84. The average molecular weight is 188 g/mol. The van der Waals surface area contributed by atoms with E-state index < -0.39 is 0 Å². The Hall–Kier alpha value is -1.08. The third-order valence-electron chi connectivity index (χ3n) is 2.98. The maximum Gasteiger partial charge on any atom is 0.116 e. The third kappa shape index (κ3) is 1.48. The molecule has 1 aromatic carbocycles. The summed E-state index contributed by atoms with van der Waals surface area (Å²) in [6.45, 7) is 9.22. The summed E-state index contributed by atoms with van der Waals surface area (Å²) in [4.78, 5) is 0. The molecule has 0 radical (unpaired) electrons. The molecule has 1 aliphatic heterocycles. The normalized spacial score (nSPS) is 24.7. The molecule has 0 spiro atoms. The summed E-state index contributed by atoms with van der Waals surface area (Å²) >= 11 is 0. The van der Waals surface area contributed by atoms with Crippen molar-refractivity contribution in [1.82, 2.24) is 0 Å². The summed E-state index contributed by atoms with van der Waals surface area (Å²) in [5, 5.41) is 0. The first kappa shape index (κ1) is 9.47. The van der Waals surface area contributed by atoms with Gasteiger partial charge in [0.1, 0.15) is 5.60 Å². The molecule has 1 heteroatoms. The van der Waals surface area contributed by atoms with Crippen molar-refractivity contribution >= 4 is 5.57 Å². The monoisotopic (exact) mass is 188 g/mol. The molecule has 0 aromatic heterocycles. The molecule has 74 valence electrons. The van der Waals surface area contributed by atoms with Crippen LogP contribution < -0.4 is 0 Å². The van der Waals surface area contributed by atoms with E-state index in [1.807, 2.05) is 0 Å². The summed E-state index contributed by atoms with van der Waals surface area (Å²) in [7, 11) is 0. The van der Waals surface area contributed by atoms with Gasteiger partial charge in [-0.15, -0.1) is 0 Å². The van der Waals surface area contributed by atoms with Gasteiger partial charge in [-0.2, -0.15) is 0 Å². The van der Waals surface area contributed by atoms with E-state index in [1.165, 1.54) is 11.1 Å². The molecule has 1 heterocycles. The lowest BCUT2D eigenvalue weighted by Crippen LogP contribution is -2.11. The standard InChI is InChI=1S/C13H16O/c1-4-13(9-14-13)11(3)12-7-5-6-10(2)8-12/h5-8H,3-4,9H2,1-2H3/t13-/m0/s1. The van der Waals surface area contributed by atoms with Crippen LogP contribution in [0.3, 0.4) is 0 Å². The second-order valence-corrected chi connectivity index (χ2v) is 3.98. The predicted octanol–water partition coefficient (Wildman–Crippen LogP) is 3.19. The van der Waals surface area contributed by atoms with Crippen LogP contribution in [-0.4, -0.2) is 12.2 Å². The van der Waals surface area contributed by atoms with Crippen LogP contribution >= 0.6 is 0 Å². The molecule has 0 N–H and O–H groups in total. The van der Waals surface area contributed by atoms with Crippen molar-refractivity contribution in [3.63, 3.8) is 0 Å². The molecule has 14 heavy (non-hydrogen) atoms. The van der Waals surface area contributed by atoms with Crippen molar-refractivity contribution in [3.8, 4) is 0 Å². The van der Waals surface area contributed by atoms with Gasteiger partial charge in [-0.25, -0.2) is 0 Å². The number of ether oxygens (including phenoxy) is 1. The van der Waals surface area contributed by atoms with Crippen molar-refractivity contribution < 1.29 is 4.74 Å². The molecule has 2 rings (SSSR count). The number of rotatable bonds is 3. The molecular formula is C13H16O. The van der Waals surface area contributed by atoms with E-state index in [0.29, 0.717) is 0 Å². The molecule has 0 unspecified atom stereocenters. The maximum atomic E-state index is 5.50. The second kappa shape index (κ2) is 3.25. The smallest absolute Gasteiger partial charge is 0.116 e. The Morgan fingerprint density at radius 3 is 2.79 bits per heavy atom. The van der Waals surface area contributed by atoms with Crippen LogP contribution in [0.2, 0.25) is 0 Å². The number of benzene rings is 1. The zero-order valence-electron chi connectivity index (χ0n) is 8.84. The minimum absolute atomic E-state index is 0.0478. The van der Waals surface area contributed by atoms with Crippen LogP contribution in [0.5, 0.6) is 0 Å². The fourth-order valence-corrected chi connectivity index (χ4v) is 1.77. The minimum atomic E-state index is -0.0478. The molecule has 0 aliphatic carbocycles. The van der Waals surface area contributed by atoms with Gasteiger partial charge in [-0.3, -0.25) is 0 Å². The van der Waals surface area contributed by atoms with Gasteiger partial charge in [0.25, 0.3) is 0 Å². The van der Waals surface area contributed by atoms with Crippen LogP contribution in [-0.2, 0) is 4.74 Å². The van der Waals surface area contributed by atoms with E-state index in [1.54, 1.807) is 0 Å². The Bertz CT molecular complexity index is 361. The molecular weight excluding hydrogens is 172 g/mol. The summed E-state index contributed by atoms with van der Waals surface area (Å²) < 4.78 is 5.50. The zero-order chi connectivity index (χ0) is 10.2. The van der Waals surface area contributed by atoms with Crippen LogP contribution in [0.4, 0.5) is 0 Å². The number of hydrogen-bond donors (Lipinski definition) is 0. The number of hydrogen-bond acceptors (Lipinski definition) is 1. The number of epoxide rings is 1. The Kier molecular flexibility index (Phi) is 2.20. The molecule has 1 saturated heterocycles. The minimum Gasteiger partial charge on any atom is -0.365 e. The average Bonchev–Trinajstić information content (AvgIpc) is 2.97. The van der Waals surface area contributed by atoms with Gasteiger partial charge in [0.15, 0.2) is 0 Å². The third-order valence-corrected chi connectivity index (χ3v) is 2.98. The molecule has 1 aliphatic rings. The molecule has 1 nitrogen and oxygen atoms in total. The highest BCUT2D eigenvalue weighted by Crippen LogP contribution is 2.42. The molecule has 1 atom stereocenters. The first-order valence-corrected chi connectivity index (χ1v) is 5.08. The second-order valence-electron chi connectivity index (χ2n) is 3.98. The molecule has 1 fully saturated rings. The summed E-state index contributed by atoms with van der Waals surface area (Å²) in [5.74, 6) is 0. The van der Waals surface area contributed by atoms with Gasteiger partial charge in [0, 0.05) is 0 Å². The van der Waals surface area contributed by atoms with Gasteiger partial charge in [-0.05, 0) is 24.5 Å². The molecule has 1 aromatic rings.